The Morgan fingerprint density at radius 2 is 1.87 bits per heavy atom. The van der Waals surface area contributed by atoms with Gasteiger partial charge in [-0.25, -0.2) is 14.8 Å². The maximum Gasteiger partial charge on any atom is 0.433 e. The number of nitrogens with zero attached hydrogens (tertiary/aromatic N) is 5. The van der Waals surface area contributed by atoms with Crippen molar-refractivity contribution in [1.82, 2.24) is 20.0 Å². The molecule has 11 heteroatoms. The fourth-order valence-corrected chi connectivity index (χ4v) is 3.42. The Hall–Kier alpha value is -3.37. The summed E-state index contributed by atoms with van der Waals surface area (Å²) in [5.41, 5.74) is 0.455. The Balaban J connectivity index is 1.47. The standard InChI is InChI=1S/C19H19F3N6O2/c1-11-16(12(2)30-26-11)25-18(29)28-9-7-27(8-10-28)17-13-3-4-15(19(20,21)22)24-14(13)5-6-23-17/h3-6H,7-10H2,1-2H3,(H,25,29). The minimum atomic E-state index is -4.50. The number of alkyl halides is 3. The largest absolute Gasteiger partial charge is 0.433 e. The van der Waals surface area contributed by atoms with Crippen LogP contribution in [0.25, 0.3) is 10.9 Å². The third-order valence-electron chi connectivity index (χ3n) is 5.02. The van der Waals surface area contributed by atoms with E-state index in [2.05, 4.69) is 20.4 Å². The number of halogens is 3. The van der Waals surface area contributed by atoms with E-state index in [1.807, 2.05) is 4.90 Å². The number of nitrogens with one attached hydrogen (secondary N) is 1. The Kier molecular flexibility index (Phi) is 4.96. The highest BCUT2D eigenvalue weighted by Crippen LogP contribution is 2.31. The topological polar surface area (TPSA) is 87.4 Å². The molecular weight excluding hydrogens is 401 g/mol. The number of aryl methyl sites for hydroxylation is 2. The zero-order valence-corrected chi connectivity index (χ0v) is 16.3. The van der Waals surface area contributed by atoms with E-state index in [0.29, 0.717) is 54.5 Å². The fraction of sp³-hybridized carbons (Fsp3) is 0.368. The highest BCUT2D eigenvalue weighted by atomic mass is 19.4. The molecule has 1 aliphatic heterocycles. The summed E-state index contributed by atoms with van der Waals surface area (Å²) in [6, 6.07) is 3.55. The number of hydrogen-bond acceptors (Lipinski definition) is 6. The van der Waals surface area contributed by atoms with Gasteiger partial charge in [-0.1, -0.05) is 5.16 Å². The maximum absolute atomic E-state index is 12.9. The van der Waals surface area contributed by atoms with Crippen LogP contribution in [0.15, 0.2) is 28.9 Å². The van der Waals surface area contributed by atoms with E-state index in [1.54, 1.807) is 18.7 Å². The number of pyridine rings is 2. The van der Waals surface area contributed by atoms with Crippen molar-refractivity contribution in [3.63, 3.8) is 0 Å². The van der Waals surface area contributed by atoms with Crippen molar-refractivity contribution in [2.75, 3.05) is 36.4 Å². The van der Waals surface area contributed by atoms with E-state index >= 15 is 0 Å². The van der Waals surface area contributed by atoms with Gasteiger partial charge in [0.05, 0.1) is 5.52 Å². The number of urea groups is 1. The second kappa shape index (κ2) is 7.47. The zero-order valence-electron chi connectivity index (χ0n) is 16.3. The third kappa shape index (κ3) is 3.74. The van der Waals surface area contributed by atoms with E-state index < -0.39 is 11.9 Å². The van der Waals surface area contributed by atoms with Crippen LogP contribution in [-0.2, 0) is 6.18 Å². The quantitative estimate of drug-likeness (QED) is 0.682. The van der Waals surface area contributed by atoms with E-state index in [9.17, 15) is 18.0 Å². The first-order valence-electron chi connectivity index (χ1n) is 9.31. The first kappa shape index (κ1) is 19.9. The highest BCUT2D eigenvalue weighted by molar-refractivity contribution is 5.91. The molecule has 1 aliphatic rings. The van der Waals surface area contributed by atoms with Gasteiger partial charge < -0.3 is 19.6 Å². The number of anilines is 2. The molecule has 1 N–H and O–H groups in total. The molecule has 0 atom stereocenters. The second-order valence-corrected chi connectivity index (χ2v) is 7.00. The lowest BCUT2D eigenvalue weighted by Crippen LogP contribution is -2.50. The summed E-state index contributed by atoms with van der Waals surface area (Å²) in [5, 5.41) is 7.17. The van der Waals surface area contributed by atoms with Gasteiger partial charge in [-0.15, -0.1) is 0 Å². The average molecular weight is 420 g/mol. The van der Waals surface area contributed by atoms with Crippen LogP contribution < -0.4 is 10.2 Å². The van der Waals surface area contributed by atoms with Crippen molar-refractivity contribution in [1.29, 1.82) is 0 Å². The normalized spacial score (nSPS) is 15.0. The predicted molar refractivity (Wildman–Crippen MR) is 103 cm³/mol. The lowest BCUT2D eigenvalue weighted by atomic mass is 10.2. The molecule has 0 saturated carbocycles. The van der Waals surface area contributed by atoms with Gasteiger partial charge in [0, 0.05) is 37.8 Å². The van der Waals surface area contributed by atoms with E-state index in [0.717, 1.165) is 6.07 Å². The van der Waals surface area contributed by atoms with Crippen LogP contribution in [0.1, 0.15) is 17.1 Å². The van der Waals surface area contributed by atoms with Gasteiger partial charge in [0.1, 0.15) is 22.9 Å². The van der Waals surface area contributed by atoms with Gasteiger partial charge in [0.15, 0.2) is 5.76 Å². The van der Waals surface area contributed by atoms with Crippen LogP contribution in [0.5, 0.6) is 0 Å². The van der Waals surface area contributed by atoms with Crippen LogP contribution in [0.2, 0.25) is 0 Å². The van der Waals surface area contributed by atoms with E-state index in [4.69, 9.17) is 4.52 Å². The van der Waals surface area contributed by atoms with Crippen LogP contribution in [0, 0.1) is 13.8 Å². The Morgan fingerprint density at radius 1 is 1.13 bits per heavy atom. The molecule has 0 aliphatic carbocycles. The molecule has 1 saturated heterocycles. The summed E-state index contributed by atoms with van der Waals surface area (Å²) >= 11 is 0. The number of hydrogen-bond donors (Lipinski definition) is 1. The van der Waals surface area contributed by atoms with Crippen molar-refractivity contribution in [3.05, 3.63) is 41.5 Å². The summed E-state index contributed by atoms with van der Waals surface area (Å²) < 4.78 is 43.9. The van der Waals surface area contributed by atoms with E-state index in [-0.39, 0.29) is 11.5 Å². The number of aromatic nitrogens is 3. The minimum Gasteiger partial charge on any atom is -0.359 e. The van der Waals surface area contributed by atoms with Gasteiger partial charge in [-0.3, -0.25) is 0 Å². The molecule has 0 bridgehead atoms. The maximum atomic E-state index is 12.9. The molecule has 1 fully saturated rings. The summed E-state index contributed by atoms with van der Waals surface area (Å²) in [4.78, 5) is 24.2. The lowest BCUT2D eigenvalue weighted by Gasteiger charge is -2.35. The average Bonchev–Trinajstić information content (AvgIpc) is 3.04. The smallest absolute Gasteiger partial charge is 0.359 e. The van der Waals surface area contributed by atoms with Crippen molar-refractivity contribution < 1.29 is 22.5 Å². The SMILES string of the molecule is Cc1noc(C)c1NC(=O)N1CCN(c2nccc3nc(C(F)(F)F)ccc23)CC1. The molecule has 30 heavy (non-hydrogen) atoms. The number of carbonyl (C=O) groups is 1. The molecule has 0 radical (unpaired) electrons. The van der Waals surface area contributed by atoms with Crippen molar-refractivity contribution in [3.8, 4) is 0 Å². The van der Waals surface area contributed by atoms with Crippen LogP contribution in [-0.4, -0.2) is 52.2 Å². The van der Waals surface area contributed by atoms with E-state index in [1.165, 1.54) is 18.3 Å². The number of piperazine rings is 1. The Bertz CT molecular complexity index is 1070. The monoisotopic (exact) mass is 420 g/mol. The molecule has 0 spiro atoms. The fourth-order valence-electron chi connectivity index (χ4n) is 3.42. The number of amides is 2. The molecule has 3 aromatic heterocycles. The van der Waals surface area contributed by atoms with Crippen molar-refractivity contribution >= 4 is 28.4 Å². The molecule has 0 aromatic carbocycles. The molecule has 2 amide bonds. The first-order valence-corrected chi connectivity index (χ1v) is 9.31. The molecule has 3 aromatic rings. The Labute approximate surface area is 169 Å². The van der Waals surface area contributed by atoms with Crippen molar-refractivity contribution in [2.45, 2.75) is 20.0 Å². The van der Waals surface area contributed by atoms with Gasteiger partial charge in [-0.2, -0.15) is 13.2 Å². The highest BCUT2D eigenvalue weighted by Gasteiger charge is 2.33. The number of fused-ring (bicyclic) bond motifs is 1. The van der Waals surface area contributed by atoms with Crippen LogP contribution in [0.3, 0.4) is 0 Å². The van der Waals surface area contributed by atoms with Gasteiger partial charge in [-0.05, 0) is 32.0 Å². The summed E-state index contributed by atoms with van der Waals surface area (Å²) in [7, 11) is 0. The number of carbonyl (C=O) groups excluding carboxylic acids is 1. The Morgan fingerprint density at radius 3 is 2.50 bits per heavy atom. The molecule has 158 valence electrons. The summed E-state index contributed by atoms with van der Waals surface area (Å²) in [6.07, 6.45) is -3.06. The number of rotatable bonds is 2. The first-order chi connectivity index (χ1) is 14.2. The molecular formula is C19H19F3N6O2. The summed E-state index contributed by atoms with van der Waals surface area (Å²) in [6.45, 7) is 5.30. The second-order valence-electron chi connectivity index (χ2n) is 7.00. The predicted octanol–water partition coefficient (Wildman–Crippen LogP) is 3.61. The molecule has 4 heterocycles. The van der Waals surface area contributed by atoms with Gasteiger partial charge >= 0.3 is 12.2 Å². The van der Waals surface area contributed by atoms with Crippen LogP contribution in [0.4, 0.5) is 29.5 Å². The zero-order chi connectivity index (χ0) is 21.5. The molecule has 8 nitrogen and oxygen atoms in total. The third-order valence-corrected chi connectivity index (χ3v) is 5.02. The lowest BCUT2D eigenvalue weighted by molar-refractivity contribution is -0.140. The molecule has 0 unspecified atom stereocenters. The minimum absolute atomic E-state index is 0.230. The van der Waals surface area contributed by atoms with Gasteiger partial charge in [0.2, 0.25) is 0 Å². The van der Waals surface area contributed by atoms with Gasteiger partial charge in [0.25, 0.3) is 0 Å². The van der Waals surface area contributed by atoms with Crippen molar-refractivity contribution in [2.24, 2.45) is 0 Å². The van der Waals surface area contributed by atoms with Crippen LogP contribution >= 0.6 is 0 Å². The summed E-state index contributed by atoms with van der Waals surface area (Å²) in [5.74, 6) is 1.09. The molecule has 4 rings (SSSR count).